The molecule has 0 bridgehead atoms. The van der Waals surface area contributed by atoms with Gasteiger partial charge in [-0.2, -0.15) is 5.06 Å². The molecule has 1 amide bonds. The maximum atomic E-state index is 12.5. The van der Waals surface area contributed by atoms with Gasteiger partial charge in [-0.3, -0.25) is 0 Å². The van der Waals surface area contributed by atoms with Crippen LogP contribution >= 0.6 is 0 Å². The Labute approximate surface area is 145 Å². The van der Waals surface area contributed by atoms with Gasteiger partial charge in [-0.1, -0.05) is 37.3 Å². The van der Waals surface area contributed by atoms with Gasteiger partial charge in [0.25, 0.3) is 0 Å². The highest BCUT2D eigenvalue weighted by Crippen LogP contribution is 2.27. The van der Waals surface area contributed by atoms with Crippen LogP contribution < -0.4 is 0 Å². The second-order valence-electron chi connectivity index (χ2n) is 7.44. The minimum atomic E-state index is -0.505. The monoisotopic (exact) mass is 334 g/mol. The van der Waals surface area contributed by atoms with E-state index in [0.29, 0.717) is 13.1 Å². The van der Waals surface area contributed by atoms with Crippen LogP contribution in [0, 0.1) is 0 Å². The molecule has 24 heavy (non-hydrogen) atoms. The summed E-state index contributed by atoms with van der Waals surface area (Å²) in [6, 6.07) is 9.77. The van der Waals surface area contributed by atoms with E-state index in [1.54, 1.807) is 4.90 Å². The van der Waals surface area contributed by atoms with Crippen molar-refractivity contribution in [2.24, 2.45) is 0 Å². The third kappa shape index (κ3) is 4.95. The molecular formula is C19H30N2O3. The molecule has 2 rings (SSSR count). The zero-order valence-corrected chi connectivity index (χ0v) is 15.2. The number of rotatable bonds is 5. The Balaban J connectivity index is 2.06. The molecule has 0 unspecified atom stereocenters. The van der Waals surface area contributed by atoms with Crippen LogP contribution in [-0.4, -0.2) is 45.5 Å². The molecule has 0 spiro atoms. The molecule has 1 aromatic rings. The van der Waals surface area contributed by atoms with Crippen molar-refractivity contribution in [3.63, 3.8) is 0 Å². The molecule has 1 aliphatic rings. The van der Waals surface area contributed by atoms with Crippen molar-refractivity contribution in [1.82, 2.24) is 9.96 Å². The van der Waals surface area contributed by atoms with Gasteiger partial charge < -0.3 is 14.8 Å². The summed E-state index contributed by atoms with van der Waals surface area (Å²) >= 11 is 0. The van der Waals surface area contributed by atoms with Crippen LogP contribution in [-0.2, 0) is 11.3 Å². The van der Waals surface area contributed by atoms with E-state index in [1.807, 2.05) is 58.0 Å². The predicted octanol–water partition coefficient (Wildman–Crippen LogP) is 4.06. The first-order chi connectivity index (χ1) is 11.3. The fourth-order valence-corrected chi connectivity index (χ4v) is 3.31. The van der Waals surface area contributed by atoms with E-state index in [-0.39, 0.29) is 18.2 Å². The molecule has 134 valence electrons. The number of carbonyl (C=O) groups is 1. The Hall–Kier alpha value is -1.59. The highest BCUT2D eigenvalue weighted by Gasteiger charge is 2.38. The number of amides is 1. The first-order valence-corrected chi connectivity index (χ1v) is 8.81. The zero-order chi connectivity index (χ0) is 17.7. The van der Waals surface area contributed by atoms with E-state index in [4.69, 9.17) is 4.74 Å². The summed E-state index contributed by atoms with van der Waals surface area (Å²) in [6.07, 6.45) is 2.33. The smallest absolute Gasteiger partial charge is 0.410 e. The van der Waals surface area contributed by atoms with Crippen molar-refractivity contribution in [1.29, 1.82) is 0 Å². The first-order valence-electron chi connectivity index (χ1n) is 8.81. The molecule has 5 nitrogen and oxygen atoms in total. The Morgan fingerprint density at radius 2 is 2.04 bits per heavy atom. The van der Waals surface area contributed by atoms with Crippen molar-refractivity contribution in [2.75, 3.05) is 6.54 Å². The quantitative estimate of drug-likeness (QED) is 0.825. The van der Waals surface area contributed by atoms with Gasteiger partial charge in [-0.25, -0.2) is 4.79 Å². The van der Waals surface area contributed by atoms with Gasteiger partial charge in [0.15, 0.2) is 0 Å². The number of hydrogen-bond donors (Lipinski definition) is 1. The summed E-state index contributed by atoms with van der Waals surface area (Å²) < 4.78 is 5.53. The fourth-order valence-electron chi connectivity index (χ4n) is 3.31. The average molecular weight is 334 g/mol. The SMILES string of the molecule is CC[C@@H]([C@@H]1CCCN1C(=O)OC(C)(C)C)N(O)Cc1ccccc1. The minimum absolute atomic E-state index is 0.0152. The normalized spacial score (nSPS) is 19.6. The molecular weight excluding hydrogens is 304 g/mol. The van der Waals surface area contributed by atoms with Crippen molar-refractivity contribution < 1.29 is 14.7 Å². The van der Waals surface area contributed by atoms with Gasteiger partial charge in [0, 0.05) is 13.1 Å². The lowest BCUT2D eigenvalue weighted by Crippen LogP contribution is -2.50. The summed E-state index contributed by atoms with van der Waals surface area (Å²) in [5, 5.41) is 12.0. The lowest BCUT2D eigenvalue weighted by atomic mass is 10.0. The largest absolute Gasteiger partial charge is 0.444 e. The fraction of sp³-hybridized carbons (Fsp3) is 0.632. The molecule has 0 radical (unpaired) electrons. The molecule has 1 aliphatic heterocycles. The van der Waals surface area contributed by atoms with Gasteiger partial charge in [-0.15, -0.1) is 0 Å². The van der Waals surface area contributed by atoms with Crippen LogP contribution in [0.1, 0.15) is 52.5 Å². The molecule has 5 heteroatoms. The zero-order valence-electron chi connectivity index (χ0n) is 15.2. The molecule has 2 atom stereocenters. The van der Waals surface area contributed by atoms with Crippen LogP contribution in [0.5, 0.6) is 0 Å². The number of nitrogens with zero attached hydrogens (tertiary/aromatic N) is 2. The Morgan fingerprint density at radius 3 is 2.62 bits per heavy atom. The van der Waals surface area contributed by atoms with Crippen molar-refractivity contribution in [2.45, 2.75) is 71.2 Å². The van der Waals surface area contributed by atoms with E-state index in [2.05, 4.69) is 0 Å². The summed E-state index contributed by atoms with van der Waals surface area (Å²) in [6.45, 7) is 8.82. The third-order valence-electron chi connectivity index (χ3n) is 4.36. The standard InChI is InChI=1S/C19H30N2O3/c1-5-16(21(23)14-15-10-7-6-8-11-15)17-12-9-13-20(17)18(22)24-19(2,3)4/h6-8,10-11,16-17,23H,5,9,12-14H2,1-4H3/t16-,17-/m0/s1. The van der Waals surface area contributed by atoms with E-state index < -0.39 is 5.60 Å². The van der Waals surface area contributed by atoms with Gasteiger partial charge >= 0.3 is 6.09 Å². The van der Waals surface area contributed by atoms with Crippen LogP contribution in [0.2, 0.25) is 0 Å². The van der Waals surface area contributed by atoms with Crippen molar-refractivity contribution in [3.05, 3.63) is 35.9 Å². The molecule has 0 aromatic heterocycles. The lowest BCUT2D eigenvalue weighted by molar-refractivity contribution is -0.151. The molecule has 1 aromatic carbocycles. The van der Waals surface area contributed by atoms with Gasteiger partial charge in [-0.05, 0) is 45.6 Å². The summed E-state index contributed by atoms with van der Waals surface area (Å²) in [5.41, 5.74) is 0.551. The van der Waals surface area contributed by atoms with Crippen LogP contribution in [0.3, 0.4) is 0 Å². The van der Waals surface area contributed by atoms with Gasteiger partial charge in [0.1, 0.15) is 5.60 Å². The van der Waals surface area contributed by atoms with Crippen molar-refractivity contribution in [3.8, 4) is 0 Å². The Bertz CT molecular complexity index is 527. The second kappa shape index (κ2) is 7.99. The number of ether oxygens (including phenoxy) is 1. The molecule has 1 heterocycles. The predicted molar refractivity (Wildman–Crippen MR) is 93.8 cm³/mol. The summed E-state index contributed by atoms with van der Waals surface area (Å²) in [4.78, 5) is 14.3. The van der Waals surface area contributed by atoms with Crippen molar-refractivity contribution >= 4 is 6.09 Å². The number of hydroxylamine groups is 2. The highest BCUT2D eigenvalue weighted by atomic mass is 16.6. The third-order valence-corrected chi connectivity index (χ3v) is 4.36. The highest BCUT2D eigenvalue weighted by molar-refractivity contribution is 5.69. The maximum absolute atomic E-state index is 12.5. The van der Waals surface area contributed by atoms with Crippen LogP contribution in [0.15, 0.2) is 30.3 Å². The summed E-state index contributed by atoms with van der Waals surface area (Å²) in [7, 11) is 0. The van der Waals surface area contributed by atoms with Gasteiger partial charge in [0.2, 0.25) is 0 Å². The Morgan fingerprint density at radius 1 is 1.38 bits per heavy atom. The topological polar surface area (TPSA) is 53.0 Å². The number of likely N-dealkylation sites (tertiary alicyclic amines) is 1. The second-order valence-corrected chi connectivity index (χ2v) is 7.44. The van der Waals surface area contributed by atoms with E-state index in [0.717, 1.165) is 24.8 Å². The molecule has 1 saturated heterocycles. The lowest BCUT2D eigenvalue weighted by Gasteiger charge is -2.36. The number of benzene rings is 1. The number of carbonyl (C=O) groups excluding carboxylic acids is 1. The maximum Gasteiger partial charge on any atom is 0.410 e. The van der Waals surface area contributed by atoms with Gasteiger partial charge in [0.05, 0.1) is 12.1 Å². The molecule has 1 fully saturated rings. The van der Waals surface area contributed by atoms with E-state index in [1.165, 1.54) is 5.06 Å². The van der Waals surface area contributed by atoms with Crippen LogP contribution in [0.4, 0.5) is 4.79 Å². The first kappa shape index (κ1) is 18.7. The van der Waals surface area contributed by atoms with E-state index >= 15 is 0 Å². The molecule has 0 saturated carbocycles. The number of hydrogen-bond acceptors (Lipinski definition) is 4. The summed E-state index contributed by atoms with van der Waals surface area (Å²) in [5.74, 6) is 0. The average Bonchev–Trinajstić information content (AvgIpc) is 2.96. The van der Waals surface area contributed by atoms with Crippen LogP contribution in [0.25, 0.3) is 0 Å². The molecule has 0 aliphatic carbocycles. The Kier molecular flexibility index (Phi) is 6.24. The van der Waals surface area contributed by atoms with E-state index in [9.17, 15) is 10.0 Å². The minimum Gasteiger partial charge on any atom is -0.444 e. The molecule has 1 N–H and O–H groups in total.